The van der Waals surface area contributed by atoms with Crippen LogP contribution in [-0.4, -0.2) is 37.4 Å². The van der Waals surface area contributed by atoms with Gasteiger partial charge in [-0.15, -0.1) is 0 Å². The standard InChI is InChI=1S/C15H16ClN5O3/c1-20-12-11(13(23)19-15(20)24)21(14(18-12)17-6-7-22)8-9-2-4-10(16)5-3-9/h2-5,22H,6-8H2,1H3,(H,17,18)(H,19,23,24). The fourth-order valence-corrected chi connectivity index (χ4v) is 2.59. The smallest absolute Gasteiger partial charge is 0.329 e. The highest BCUT2D eigenvalue weighted by atomic mass is 35.5. The number of aromatic amines is 1. The van der Waals surface area contributed by atoms with Crippen LogP contribution in [0.4, 0.5) is 5.95 Å². The number of hydrogen-bond acceptors (Lipinski definition) is 5. The molecule has 0 aliphatic heterocycles. The maximum atomic E-state index is 12.3. The van der Waals surface area contributed by atoms with Crippen molar-refractivity contribution in [1.82, 2.24) is 19.1 Å². The van der Waals surface area contributed by atoms with Crippen LogP contribution in [-0.2, 0) is 13.6 Å². The molecule has 0 unspecified atom stereocenters. The molecule has 1 aromatic carbocycles. The van der Waals surface area contributed by atoms with Gasteiger partial charge in [0, 0.05) is 18.6 Å². The summed E-state index contributed by atoms with van der Waals surface area (Å²) in [6.45, 7) is 0.554. The largest absolute Gasteiger partial charge is 0.395 e. The first-order valence-electron chi connectivity index (χ1n) is 7.30. The molecular weight excluding hydrogens is 334 g/mol. The number of benzene rings is 1. The molecule has 9 heteroatoms. The second kappa shape index (κ2) is 6.50. The predicted molar refractivity (Wildman–Crippen MR) is 91.7 cm³/mol. The lowest BCUT2D eigenvalue weighted by atomic mass is 10.2. The van der Waals surface area contributed by atoms with E-state index in [1.807, 2.05) is 12.1 Å². The SMILES string of the molecule is Cn1c(=O)[nH]c(=O)c2c1nc(NCCO)n2Cc1ccc(Cl)cc1. The van der Waals surface area contributed by atoms with Gasteiger partial charge in [-0.2, -0.15) is 4.98 Å². The van der Waals surface area contributed by atoms with Crippen LogP contribution >= 0.6 is 11.6 Å². The summed E-state index contributed by atoms with van der Waals surface area (Å²) < 4.78 is 2.95. The maximum absolute atomic E-state index is 12.3. The van der Waals surface area contributed by atoms with Crippen LogP contribution < -0.4 is 16.6 Å². The van der Waals surface area contributed by atoms with Gasteiger partial charge in [0.05, 0.1) is 13.2 Å². The molecule has 0 amide bonds. The van der Waals surface area contributed by atoms with E-state index in [1.54, 1.807) is 16.7 Å². The Morgan fingerprint density at radius 1 is 1.29 bits per heavy atom. The Kier molecular flexibility index (Phi) is 4.41. The van der Waals surface area contributed by atoms with Gasteiger partial charge in [-0.1, -0.05) is 23.7 Å². The zero-order valence-corrected chi connectivity index (χ0v) is 13.7. The van der Waals surface area contributed by atoms with E-state index < -0.39 is 11.2 Å². The number of fused-ring (bicyclic) bond motifs is 1. The minimum Gasteiger partial charge on any atom is -0.395 e. The van der Waals surface area contributed by atoms with E-state index in [9.17, 15) is 9.59 Å². The third-order valence-corrected chi connectivity index (χ3v) is 3.91. The van der Waals surface area contributed by atoms with Crippen LogP contribution in [0, 0.1) is 0 Å². The fraction of sp³-hybridized carbons (Fsp3) is 0.267. The van der Waals surface area contributed by atoms with Crippen molar-refractivity contribution >= 4 is 28.7 Å². The van der Waals surface area contributed by atoms with E-state index in [1.165, 1.54) is 11.6 Å². The molecule has 3 aromatic rings. The first-order chi connectivity index (χ1) is 11.5. The molecule has 0 fully saturated rings. The van der Waals surface area contributed by atoms with Gasteiger partial charge in [0.15, 0.2) is 11.2 Å². The minimum absolute atomic E-state index is 0.0839. The molecule has 0 saturated heterocycles. The average Bonchev–Trinajstić information content (AvgIpc) is 2.92. The fourth-order valence-electron chi connectivity index (χ4n) is 2.46. The molecular formula is C15H16ClN5O3. The highest BCUT2D eigenvalue weighted by Gasteiger charge is 2.17. The zero-order valence-electron chi connectivity index (χ0n) is 12.9. The van der Waals surface area contributed by atoms with Crippen molar-refractivity contribution in [3.8, 4) is 0 Å². The molecule has 24 heavy (non-hydrogen) atoms. The van der Waals surface area contributed by atoms with Crippen LogP contribution in [0.15, 0.2) is 33.9 Å². The number of halogens is 1. The molecule has 126 valence electrons. The minimum atomic E-state index is -0.530. The second-order valence-corrected chi connectivity index (χ2v) is 5.73. The number of imidazole rings is 1. The Balaban J connectivity index is 2.19. The zero-order chi connectivity index (χ0) is 17.3. The number of anilines is 1. The van der Waals surface area contributed by atoms with Gasteiger partial charge in [-0.25, -0.2) is 4.79 Å². The highest BCUT2D eigenvalue weighted by molar-refractivity contribution is 6.30. The van der Waals surface area contributed by atoms with Gasteiger partial charge in [-0.05, 0) is 17.7 Å². The summed E-state index contributed by atoms with van der Waals surface area (Å²) in [4.78, 5) is 30.7. The summed E-state index contributed by atoms with van der Waals surface area (Å²) in [5, 5.41) is 12.6. The summed E-state index contributed by atoms with van der Waals surface area (Å²) in [6, 6.07) is 7.22. The molecule has 0 atom stereocenters. The molecule has 0 aliphatic carbocycles. The third kappa shape index (κ3) is 2.93. The predicted octanol–water partition coefficient (Wildman–Crippen LogP) is 0.529. The average molecular weight is 350 g/mol. The third-order valence-electron chi connectivity index (χ3n) is 3.66. The monoisotopic (exact) mass is 349 g/mol. The molecule has 0 aliphatic rings. The second-order valence-electron chi connectivity index (χ2n) is 5.29. The molecule has 3 rings (SSSR count). The molecule has 2 heterocycles. The Labute approximate surface area is 141 Å². The van der Waals surface area contributed by atoms with Gasteiger partial charge in [0.1, 0.15) is 0 Å². The van der Waals surface area contributed by atoms with E-state index in [-0.39, 0.29) is 24.3 Å². The van der Waals surface area contributed by atoms with E-state index >= 15 is 0 Å². The van der Waals surface area contributed by atoms with Gasteiger partial charge in [-0.3, -0.25) is 18.9 Å². The number of hydrogen-bond donors (Lipinski definition) is 3. The molecule has 2 aromatic heterocycles. The summed E-state index contributed by atoms with van der Waals surface area (Å²) in [7, 11) is 1.54. The Hall–Kier alpha value is -2.58. The number of H-pyrrole nitrogens is 1. The van der Waals surface area contributed by atoms with Gasteiger partial charge < -0.3 is 10.4 Å². The summed E-state index contributed by atoms with van der Waals surface area (Å²) in [5.41, 5.74) is 0.439. The highest BCUT2D eigenvalue weighted by Crippen LogP contribution is 2.18. The number of aliphatic hydroxyl groups is 1. The van der Waals surface area contributed by atoms with Crippen LogP contribution in [0.1, 0.15) is 5.56 Å². The number of aromatic nitrogens is 4. The van der Waals surface area contributed by atoms with E-state index in [0.29, 0.717) is 17.5 Å². The summed E-state index contributed by atoms with van der Waals surface area (Å²) >= 11 is 5.90. The molecule has 0 saturated carbocycles. The van der Waals surface area contributed by atoms with Crippen molar-refractivity contribution in [2.45, 2.75) is 6.54 Å². The topological polar surface area (TPSA) is 105 Å². The number of nitrogens with zero attached hydrogens (tertiary/aromatic N) is 3. The maximum Gasteiger partial charge on any atom is 0.329 e. The lowest BCUT2D eigenvalue weighted by molar-refractivity contribution is 0.310. The van der Waals surface area contributed by atoms with Crippen molar-refractivity contribution in [2.75, 3.05) is 18.5 Å². The number of rotatable bonds is 5. The lowest BCUT2D eigenvalue weighted by Crippen LogP contribution is -2.29. The van der Waals surface area contributed by atoms with Crippen LogP contribution in [0.3, 0.4) is 0 Å². The Morgan fingerprint density at radius 2 is 2.00 bits per heavy atom. The summed E-state index contributed by atoms with van der Waals surface area (Å²) in [5.74, 6) is 0.403. The van der Waals surface area contributed by atoms with E-state index in [4.69, 9.17) is 16.7 Å². The Morgan fingerprint density at radius 3 is 2.67 bits per heavy atom. The van der Waals surface area contributed by atoms with Crippen LogP contribution in [0.25, 0.3) is 11.2 Å². The van der Waals surface area contributed by atoms with Crippen LogP contribution in [0.5, 0.6) is 0 Å². The number of aliphatic hydroxyl groups excluding tert-OH is 1. The quantitative estimate of drug-likeness (QED) is 0.623. The van der Waals surface area contributed by atoms with E-state index in [0.717, 1.165) is 5.56 Å². The first kappa shape index (κ1) is 16.3. The van der Waals surface area contributed by atoms with Crippen molar-refractivity contribution in [1.29, 1.82) is 0 Å². The molecule has 0 radical (unpaired) electrons. The molecule has 3 N–H and O–H groups in total. The van der Waals surface area contributed by atoms with Crippen molar-refractivity contribution in [3.63, 3.8) is 0 Å². The van der Waals surface area contributed by atoms with Crippen molar-refractivity contribution < 1.29 is 5.11 Å². The molecule has 8 nitrogen and oxygen atoms in total. The van der Waals surface area contributed by atoms with Crippen molar-refractivity contribution in [3.05, 3.63) is 55.7 Å². The van der Waals surface area contributed by atoms with Gasteiger partial charge in [0.25, 0.3) is 5.56 Å². The van der Waals surface area contributed by atoms with Gasteiger partial charge >= 0.3 is 5.69 Å². The number of nitrogens with one attached hydrogen (secondary N) is 2. The first-order valence-corrected chi connectivity index (χ1v) is 7.67. The normalized spacial score (nSPS) is 11.1. The Bertz CT molecular complexity index is 987. The van der Waals surface area contributed by atoms with Gasteiger partial charge in [0.2, 0.25) is 5.95 Å². The molecule has 0 spiro atoms. The lowest BCUT2D eigenvalue weighted by Gasteiger charge is -2.10. The van der Waals surface area contributed by atoms with Crippen LogP contribution in [0.2, 0.25) is 5.02 Å². The van der Waals surface area contributed by atoms with Crippen molar-refractivity contribution in [2.24, 2.45) is 7.05 Å². The molecule has 0 bridgehead atoms. The summed E-state index contributed by atoms with van der Waals surface area (Å²) in [6.07, 6.45) is 0. The van der Waals surface area contributed by atoms with E-state index in [2.05, 4.69) is 15.3 Å². The number of aryl methyl sites for hydroxylation is 1.